The lowest BCUT2D eigenvalue weighted by Crippen LogP contribution is -2.25. The van der Waals surface area contributed by atoms with Gasteiger partial charge in [-0.25, -0.2) is 13.1 Å². The zero-order valence-electron chi connectivity index (χ0n) is 11.8. The van der Waals surface area contributed by atoms with Crippen LogP contribution >= 0.6 is 27.5 Å². The molecule has 10 heteroatoms. The molecule has 0 fully saturated rings. The minimum absolute atomic E-state index is 0.110. The largest absolute Gasteiger partial charge is 0.573 e. The molecule has 2 aromatic rings. The molecule has 0 aliphatic rings. The topological polar surface area (TPSA) is 55.4 Å². The van der Waals surface area contributed by atoms with E-state index in [2.05, 4.69) is 25.4 Å². The van der Waals surface area contributed by atoms with Gasteiger partial charge < -0.3 is 4.74 Å². The predicted molar refractivity (Wildman–Crippen MR) is 86.3 cm³/mol. The number of benzene rings is 2. The Morgan fingerprint density at radius 1 is 1.12 bits per heavy atom. The highest BCUT2D eigenvalue weighted by Crippen LogP contribution is 2.32. The molecule has 0 atom stereocenters. The van der Waals surface area contributed by atoms with E-state index < -0.39 is 27.0 Å². The molecule has 0 heterocycles. The molecule has 24 heavy (non-hydrogen) atoms. The second kappa shape index (κ2) is 7.30. The van der Waals surface area contributed by atoms with Gasteiger partial charge in [-0.2, -0.15) is 0 Å². The zero-order chi connectivity index (χ0) is 18.0. The molecule has 0 spiro atoms. The maximum atomic E-state index is 12.5. The average molecular weight is 445 g/mol. The lowest BCUT2D eigenvalue weighted by atomic mass is 10.2. The SMILES string of the molecule is O=S(=O)(NCc1ccc(Cl)cc1)c1ccc(Br)cc1OC(F)(F)F. The van der Waals surface area contributed by atoms with Crippen molar-refractivity contribution in [3.8, 4) is 5.75 Å². The summed E-state index contributed by atoms with van der Waals surface area (Å²) < 4.78 is 68.2. The molecule has 1 N–H and O–H groups in total. The summed E-state index contributed by atoms with van der Waals surface area (Å²) in [5.74, 6) is -0.819. The van der Waals surface area contributed by atoms with E-state index in [1.807, 2.05) is 0 Å². The quantitative estimate of drug-likeness (QED) is 0.740. The van der Waals surface area contributed by atoms with Crippen molar-refractivity contribution < 1.29 is 26.3 Å². The molecule has 4 nitrogen and oxygen atoms in total. The molecule has 0 radical (unpaired) electrons. The smallest absolute Gasteiger partial charge is 0.404 e. The molecule has 0 saturated carbocycles. The summed E-state index contributed by atoms with van der Waals surface area (Å²) in [5.41, 5.74) is 0.596. The first-order valence-corrected chi connectivity index (χ1v) is 9.02. The van der Waals surface area contributed by atoms with Crippen LogP contribution in [0.25, 0.3) is 0 Å². The molecule has 2 aromatic carbocycles. The van der Waals surface area contributed by atoms with E-state index >= 15 is 0 Å². The number of sulfonamides is 1. The fourth-order valence-electron chi connectivity index (χ4n) is 1.77. The van der Waals surface area contributed by atoms with Crippen molar-refractivity contribution in [1.82, 2.24) is 4.72 Å². The number of nitrogens with one attached hydrogen (secondary N) is 1. The minimum atomic E-state index is -5.01. The maximum absolute atomic E-state index is 12.5. The van der Waals surface area contributed by atoms with Crippen LogP contribution < -0.4 is 9.46 Å². The number of alkyl halides is 3. The molecule has 0 amide bonds. The third kappa shape index (κ3) is 5.37. The van der Waals surface area contributed by atoms with Gasteiger partial charge in [0.15, 0.2) is 5.75 Å². The van der Waals surface area contributed by atoms with E-state index in [4.69, 9.17) is 11.6 Å². The van der Waals surface area contributed by atoms with Crippen molar-refractivity contribution in [2.24, 2.45) is 0 Å². The van der Waals surface area contributed by atoms with Crippen molar-refractivity contribution in [3.63, 3.8) is 0 Å². The number of ether oxygens (including phenoxy) is 1. The van der Waals surface area contributed by atoms with E-state index in [1.165, 1.54) is 6.07 Å². The van der Waals surface area contributed by atoms with Gasteiger partial charge in [0.25, 0.3) is 0 Å². The van der Waals surface area contributed by atoms with Crippen LogP contribution in [0.15, 0.2) is 51.8 Å². The minimum Gasteiger partial charge on any atom is -0.404 e. The summed E-state index contributed by atoms with van der Waals surface area (Å²) in [4.78, 5) is -0.614. The van der Waals surface area contributed by atoms with Gasteiger partial charge in [-0.3, -0.25) is 0 Å². The van der Waals surface area contributed by atoms with Crippen LogP contribution in [0.4, 0.5) is 13.2 Å². The van der Waals surface area contributed by atoms with Gasteiger partial charge in [0.05, 0.1) is 0 Å². The molecule has 0 aliphatic carbocycles. The van der Waals surface area contributed by atoms with Crippen LogP contribution in [-0.2, 0) is 16.6 Å². The Balaban J connectivity index is 2.26. The lowest BCUT2D eigenvalue weighted by molar-refractivity contribution is -0.275. The van der Waals surface area contributed by atoms with Crippen LogP contribution in [0.1, 0.15) is 5.56 Å². The molecule has 130 valence electrons. The van der Waals surface area contributed by atoms with Gasteiger partial charge >= 0.3 is 6.36 Å². The number of halogens is 5. The van der Waals surface area contributed by atoms with Crippen molar-refractivity contribution >= 4 is 37.6 Å². The number of hydrogen-bond acceptors (Lipinski definition) is 3. The summed E-state index contributed by atoms with van der Waals surface area (Å²) in [6.45, 7) is -0.110. The third-order valence-corrected chi connectivity index (χ3v) is 4.99. The molecular weight excluding hydrogens is 435 g/mol. The van der Waals surface area contributed by atoms with Crippen LogP contribution in [-0.4, -0.2) is 14.8 Å². The van der Waals surface area contributed by atoms with Crippen LogP contribution in [0.2, 0.25) is 5.02 Å². The standard InChI is InChI=1S/C14H10BrClF3NO3S/c15-10-3-6-13(12(7-10)23-14(17,18)19)24(21,22)20-8-9-1-4-11(16)5-2-9/h1-7,20H,8H2. The van der Waals surface area contributed by atoms with Crippen molar-refractivity contribution in [2.75, 3.05) is 0 Å². The molecule has 0 aromatic heterocycles. The van der Waals surface area contributed by atoms with Crippen molar-refractivity contribution in [1.29, 1.82) is 0 Å². The third-order valence-electron chi connectivity index (χ3n) is 2.80. The van der Waals surface area contributed by atoms with Gasteiger partial charge in [0.1, 0.15) is 4.90 Å². The number of hydrogen-bond donors (Lipinski definition) is 1. The van der Waals surface area contributed by atoms with Gasteiger partial charge in [0.2, 0.25) is 10.0 Å². The van der Waals surface area contributed by atoms with E-state index in [-0.39, 0.29) is 11.0 Å². The molecule has 0 bridgehead atoms. The van der Waals surface area contributed by atoms with Gasteiger partial charge in [-0.1, -0.05) is 39.7 Å². The molecule has 0 unspecified atom stereocenters. The van der Waals surface area contributed by atoms with Gasteiger partial charge in [-0.05, 0) is 35.9 Å². The van der Waals surface area contributed by atoms with E-state index in [0.29, 0.717) is 10.6 Å². The monoisotopic (exact) mass is 443 g/mol. The van der Waals surface area contributed by atoms with Crippen LogP contribution in [0.3, 0.4) is 0 Å². The van der Waals surface area contributed by atoms with Gasteiger partial charge in [-0.15, -0.1) is 13.2 Å². The predicted octanol–water partition coefficient (Wildman–Crippen LogP) is 4.48. The normalized spacial score (nSPS) is 12.2. The Bertz CT molecular complexity index is 826. The second-order valence-corrected chi connectivity index (χ2v) is 7.68. The van der Waals surface area contributed by atoms with E-state index in [0.717, 1.165) is 12.1 Å². The number of rotatable bonds is 5. The zero-order valence-corrected chi connectivity index (χ0v) is 14.9. The highest BCUT2D eigenvalue weighted by Gasteiger charge is 2.34. The van der Waals surface area contributed by atoms with Gasteiger partial charge in [0, 0.05) is 16.0 Å². The fraction of sp³-hybridized carbons (Fsp3) is 0.143. The van der Waals surface area contributed by atoms with Crippen LogP contribution in [0.5, 0.6) is 5.75 Å². The summed E-state index contributed by atoms with van der Waals surface area (Å²) in [6, 6.07) is 9.60. The summed E-state index contributed by atoms with van der Waals surface area (Å²) in [6.07, 6.45) is -5.01. The van der Waals surface area contributed by atoms with E-state index in [1.54, 1.807) is 24.3 Å². The molecule has 0 aliphatic heterocycles. The molecule has 0 saturated heterocycles. The Labute approximate surface area is 149 Å². The molecule has 2 rings (SSSR count). The first-order valence-electron chi connectivity index (χ1n) is 6.36. The Hall–Kier alpha value is -1.29. The lowest BCUT2D eigenvalue weighted by Gasteiger charge is -2.14. The molecular formula is C14H10BrClF3NO3S. The highest BCUT2D eigenvalue weighted by atomic mass is 79.9. The fourth-order valence-corrected chi connectivity index (χ4v) is 3.36. The first kappa shape index (κ1) is 19.0. The first-order chi connectivity index (χ1) is 11.1. The average Bonchev–Trinajstić information content (AvgIpc) is 2.45. The Morgan fingerprint density at radius 3 is 2.33 bits per heavy atom. The summed E-state index contributed by atoms with van der Waals surface area (Å²) >= 11 is 8.71. The van der Waals surface area contributed by atoms with Crippen molar-refractivity contribution in [2.45, 2.75) is 17.8 Å². The summed E-state index contributed by atoms with van der Waals surface area (Å²) in [5, 5.41) is 0.482. The Kier molecular flexibility index (Phi) is 5.79. The highest BCUT2D eigenvalue weighted by molar-refractivity contribution is 9.10. The second-order valence-electron chi connectivity index (χ2n) is 4.59. The van der Waals surface area contributed by atoms with E-state index in [9.17, 15) is 21.6 Å². The maximum Gasteiger partial charge on any atom is 0.573 e. The van der Waals surface area contributed by atoms with Crippen molar-refractivity contribution in [3.05, 3.63) is 57.5 Å². The Morgan fingerprint density at radius 2 is 1.75 bits per heavy atom. The summed E-state index contributed by atoms with van der Waals surface area (Å²) in [7, 11) is -4.22. The van der Waals surface area contributed by atoms with Crippen LogP contribution in [0, 0.1) is 0 Å².